The summed E-state index contributed by atoms with van der Waals surface area (Å²) in [4.78, 5) is 16.0. The Labute approximate surface area is 130 Å². The van der Waals surface area contributed by atoms with Gasteiger partial charge in [-0.3, -0.25) is 0 Å². The number of hydrogen-bond acceptors (Lipinski definition) is 3. The summed E-state index contributed by atoms with van der Waals surface area (Å²) in [5.74, 6) is 0.752. The van der Waals surface area contributed by atoms with Crippen LogP contribution < -0.4 is 16.0 Å². The molecule has 3 N–H and O–H groups in total. The van der Waals surface area contributed by atoms with Crippen LogP contribution in [0, 0.1) is 13.8 Å². The van der Waals surface area contributed by atoms with Gasteiger partial charge in [0.1, 0.15) is 5.82 Å². The molecule has 22 heavy (non-hydrogen) atoms. The van der Waals surface area contributed by atoms with Crippen molar-refractivity contribution in [2.24, 2.45) is 0 Å². The molecule has 1 aromatic carbocycles. The molecule has 0 spiro atoms. The van der Waals surface area contributed by atoms with Crippen molar-refractivity contribution in [2.75, 3.05) is 10.6 Å². The van der Waals surface area contributed by atoms with E-state index in [1.54, 1.807) is 6.20 Å². The van der Waals surface area contributed by atoms with Gasteiger partial charge in [-0.25, -0.2) is 9.78 Å². The summed E-state index contributed by atoms with van der Waals surface area (Å²) in [5.41, 5.74) is 4.09. The highest BCUT2D eigenvalue weighted by Gasteiger charge is 2.23. The number of urea groups is 1. The molecular formula is C17H20N4O. The molecule has 0 atom stereocenters. The van der Waals surface area contributed by atoms with E-state index < -0.39 is 0 Å². The maximum Gasteiger partial charge on any atom is 0.319 e. The number of carbonyl (C=O) groups excluding carboxylic acids is 1. The van der Waals surface area contributed by atoms with Gasteiger partial charge in [-0.1, -0.05) is 12.1 Å². The summed E-state index contributed by atoms with van der Waals surface area (Å²) >= 11 is 0. The summed E-state index contributed by atoms with van der Waals surface area (Å²) < 4.78 is 0. The number of amides is 2. The third-order valence-electron chi connectivity index (χ3n) is 3.59. The van der Waals surface area contributed by atoms with E-state index in [0.717, 1.165) is 24.3 Å². The van der Waals surface area contributed by atoms with Crippen molar-refractivity contribution in [3.8, 4) is 0 Å². The van der Waals surface area contributed by atoms with Crippen molar-refractivity contribution in [1.29, 1.82) is 0 Å². The molecule has 0 saturated heterocycles. The van der Waals surface area contributed by atoms with E-state index >= 15 is 0 Å². The van der Waals surface area contributed by atoms with Crippen LogP contribution in [0.15, 0.2) is 36.5 Å². The van der Waals surface area contributed by atoms with Gasteiger partial charge in [0.05, 0.1) is 11.9 Å². The van der Waals surface area contributed by atoms with Crippen LogP contribution in [0.5, 0.6) is 0 Å². The molecular weight excluding hydrogens is 276 g/mol. The van der Waals surface area contributed by atoms with Gasteiger partial charge >= 0.3 is 6.03 Å². The Morgan fingerprint density at radius 2 is 2.00 bits per heavy atom. The molecule has 1 fully saturated rings. The molecule has 1 aliphatic rings. The molecule has 0 bridgehead atoms. The van der Waals surface area contributed by atoms with Crippen molar-refractivity contribution in [2.45, 2.75) is 32.7 Å². The molecule has 2 amide bonds. The lowest BCUT2D eigenvalue weighted by Crippen LogP contribution is -2.30. The molecule has 114 valence electrons. The van der Waals surface area contributed by atoms with Crippen LogP contribution in [0.2, 0.25) is 0 Å². The van der Waals surface area contributed by atoms with E-state index in [1.807, 2.05) is 12.1 Å². The quantitative estimate of drug-likeness (QED) is 0.805. The first-order valence-electron chi connectivity index (χ1n) is 7.48. The second kappa shape index (κ2) is 6.05. The fourth-order valence-electron chi connectivity index (χ4n) is 2.13. The minimum Gasteiger partial charge on any atom is -0.340 e. The Morgan fingerprint density at radius 3 is 2.68 bits per heavy atom. The molecule has 0 unspecified atom stereocenters. The van der Waals surface area contributed by atoms with Crippen molar-refractivity contribution in [1.82, 2.24) is 10.3 Å². The normalized spacial score (nSPS) is 13.5. The van der Waals surface area contributed by atoms with Crippen LogP contribution in [0.3, 0.4) is 0 Å². The highest BCUT2D eigenvalue weighted by Crippen LogP contribution is 2.22. The highest BCUT2D eigenvalue weighted by atomic mass is 16.2. The molecule has 1 heterocycles. The molecule has 1 saturated carbocycles. The fourth-order valence-corrected chi connectivity index (χ4v) is 2.13. The van der Waals surface area contributed by atoms with Gasteiger partial charge in [0.25, 0.3) is 0 Å². The predicted octanol–water partition coefficient (Wildman–Crippen LogP) is 3.73. The van der Waals surface area contributed by atoms with E-state index in [2.05, 4.69) is 53.0 Å². The second-order valence-corrected chi connectivity index (χ2v) is 5.75. The molecule has 3 rings (SSSR count). The van der Waals surface area contributed by atoms with Crippen LogP contribution in [-0.4, -0.2) is 17.1 Å². The first kappa shape index (κ1) is 14.4. The number of benzene rings is 1. The number of hydrogen-bond donors (Lipinski definition) is 3. The number of anilines is 3. The van der Waals surface area contributed by atoms with Crippen LogP contribution in [0.25, 0.3) is 0 Å². The van der Waals surface area contributed by atoms with E-state index in [9.17, 15) is 4.79 Å². The molecule has 1 aromatic heterocycles. The predicted molar refractivity (Wildman–Crippen MR) is 88.6 cm³/mol. The fraction of sp³-hybridized carbons (Fsp3) is 0.294. The molecule has 2 aromatic rings. The summed E-state index contributed by atoms with van der Waals surface area (Å²) in [6, 6.07) is 10.1. The standard InChI is InChI=1S/C17H20N4O/c1-11-3-4-12(2)15(9-11)21-16-8-7-14(10-18-16)20-17(22)19-13-5-6-13/h3-4,7-10,13H,5-6H2,1-2H3,(H,18,21)(H2,19,20,22). The summed E-state index contributed by atoms with van der Waals surface area (Å²) in [7, 11) is 0. The SMILES string of the molecule is Cc1ccc(C)c(Nc2ccc(NC(=O)NC3CC3)cn2)c1. The average molecular weight is 296 g/mol. The zero-order valence-corrected chi connectivity index (χ0v) is 12.8. The lowest BCUT2D eigenvalue weighted by molar-refractivity contribution is 0.251. The number of nitrogens with one attached hydrogen (secondary N) is 3. The van der Waals surface area contributed by atoms with Crippen LogP contribution >= 0.6 is 0 Å². The third kappa shape index (κ3) is 3.75. The molecule has 0 radical (unpaired) electrons. The number of nitrogens with zero attached hydrogens (tertiary/aromatic N) is 1. The van der Waals surface area contributed by atoms with E-state index in [4.69, 9.17) is 0 Å². The number of aromatic nitrogens is 1. The Hall–Kier alpha value is -2.56. The van der Waals surface area contributed by atoms with E-state index in [1.165, 1.54) is 11.1 Å². The van der Waals surface area contributed by atoms with Crippen LogP contribution in [-0.2, 0) is 0 Å². The van der Waals surface area contributed by atoms with Crippen LogP contribution in [0.4, 0.5) is 22.0 Å². The first-order chi connectivity index (χ1) is 10.6. The van der Waals surface area contributed by atoms with E-state index in [0.29, 0.717) is 11.7 Å². The minimum atomic E-state index is -0.167. The lowest BCUT2D eigenvalue weighted by Gasteiger charge is -2.11. The Morgan fingerprint density at radius 1 is 1.18 bits per heavy atom. The summed E-state index contributed by atoms with van der Waals surface area (Å²) in [6.45, 7) is 4.11. The van der Waals surface area contributed by atoms with Gasteiger partial charge in [-0.15, -0.1) is 0 Å². The summed E-state index contributed by atoms with van der Waals surface area (Å²) in [5, 5.41) is 8.96. The lowest BCUT2D eigenvalue weighted by atomic mass is 10.1. The molecule has 5 nitrogen and oxygen atoms in total. The van der Waals surface area contributed by atoms with Crippen molar-refractivity contribution in [3.63, 3.8) is 0 Å². The van der Waals surface area contributed by atoms with Gasteiger partial charge in [-0.2, -0.15) is 0 Å². The number of pyridine rings is 1. The maximum absolute atomic E-state index is 11.7. The number of aryl methyl sites for hydroxylation is 2. The molecule has 1 aliphatic carbocycles. The maximum atomic E-state index is 11.7. The monoisotopic (exact) mass is 296 g/mol. The third-order valence-corrected chi connectivity index (χ3v) is 3.59. The average Bonchev–Trinajstić information content (AvgIpc) is 3.29. The van der Waals surface area contributed by atoms with Gasteiger partial charge in [0.2, 0.25) is 0 Å². The topological polar surface area (TPSA) is 66.0 Å². The first-order valence-corrected chi connectivity index (χ1v) is 7.48. The van der Waals surface area contributed by atoms with Gasteiger partial charge in [-0.05, 0) is 56.0 Å². The smallest absolute Gasteiger partial charge is 0.319 e. The van der Waals surface area contributed by atoms with Crippen molar-refractivity contribution in [3.05, 3.63) is 47.7 Å². The van der Waals surface area contributed by atoms with Gasteiger partial charge in [0, 0.05) is 11.7 Å². The van der Waals surface area contributed by atoms with Crippen LogP contribution in [0.1, 0.15) is 24.0 Å². The molecule has 0 aliphatic heterocycles. The van der Waals surface area contributed by atoms with E-state index in [-0.39, 0.29) is 6.03 Å². The Bertz CT molecular complexity index is 678. The Balaban J connectivity index is 1.63. The number of carbonyl (C=O) groups is 1. The molecule has 5 heteroatoms. The second-order valence-electron chi connectivity index (χ2n) is 5.75. The zero-order chi connectivity index (χ0) is 15.5. The highest BCUT2D eigenvalue weighted by molar-refractivity contribution is 5.89. The van der Waals surface area contributed by atoms with Crippen molar-refractivity contribution >= 4 is 23.2 Å². The van der Waals surface area contributed by atoms with Gasteiger partial charge < -0.3 is 16.0 Å². The number of rotatable bonds is 4. The van der Waals surface area contributed by atoms with Gasteiger partial charge in [0.15, 0.2) is 0 Å². The largest absolute Gasteiger partial charge is 0.340 e. The Kier molecular flexibility index (Phi) is 3.96. The van der Waals surface area contributed by atoms with Crippen molar-refractivity contribution < 1.29 is 4.79 Å². The zero-order valence-electron chi connectivity index (χ0n) is 12.8. The summed E-state index contributed by atoms with van der Waals surface area (Å²) in [6.07, 6.45) is 3.80. The minimum absolute atomic E-state index is 0.167.